The molecule has 2 atom stereocenters. The topological polar surface area (TPSA) is 77.5 Å². The van der Waals surface area contributed by atoms with E-state index in [0.717, 1.165) is 84.0 Å². The third-order valence-electron chi connectivity index (χ3n) is 8.81. The van der Waals surface area contributed by atoms with Crippen molar-refractivity contribution in [2.75, 3.05) is 46.1 Å². The van der Waals surface area contributed by atoms with Gasteiger partial charge in [-0.25, -0.2) is 0 Å². The van der Waals surface area contributed by atoms with E-state index in [-0.39, 0.29) is 24.8 Å². The zero-order valence-corrected chi connectivity index (χ0v) is 32.6. The lowest BCUT2D eigenvalue weighted by Gasteiger charge is -2.26. The number of hydrogen-bond donors (Lipinski definition) is 1. The van der Waals surface area contributed by atoms with Gasteiger partial charge in [0, 0.05) is 19.8 Å². The summed E-state index contributed by atoms with van der Waals surface area (Å²) in [6.07, 6.45) is 25.3. The van der Waals surface area contributed by atoms with Crippen molar-refractivity contribution in [1.82, 2.24) is 4.90 Å². The van der Waals surface area contributed by atoms with E-state index in [2.05, 4.69) is 31.8 Å². The highest BCUT2D eigenvalue weighted by atomic mass is 28.4. The minimum atomic E-state index is -2.14. The number of aliphatic hydroxyl groups excluding tert-OH is 1. The summed E-state index contributed by atoms with van der Waals surface area (Å²) in [4.78, 5) is 15.5. The summed E-state index contributed by atoms with van der Waals surface area (Å²) in [6.45, 7) is 18.1. The molecule has 0 saturated heterocycles. The van der Waals surface area contributed by atoms with Gasteiger partial charge in [-0.2, -0.15) is 0 Å². The van der Waals surface area contributed by atoms with E-state index in [4.69, 9.17) is 18.3 Å². The fourth-order valence-corrected chi connectivity index (χ4v) is 7.62. The third kappa shape index (κ3) is 29.6. The molecule has 0 aromatic heterocycles. The Morgan fingerprint density at radius 3 is 1.70 bits per heavy atom. The number of nitrogens with zero attached hydrogens (tertiary/aromatic N) is 1. The van der Waals surface area contributed by atoms with Gasteiger partial charge in [0.2, 0.25) is 0 Å². The molecule has 0 heterocycles. The molecule has 0 aliphatic carbocycles. The maximum absolute atomic E-state index is 12.9. The molecule has 276 valence electrons. The first-order valence-corrected chi connectivity index (χ1v) is 22.5. The Labute approximate surface area is 287 Å². The molecule has 0 rings (SSSR count). The van der Waals surface area contributed by atoms with Crippen molar-refractivity contribution < 1.29 is 28.2 Å². The van der Waals surface area contributed by atoms with Crippen molar-refractivity contribution in [3.8, 4) is 0 Å². The van der Waals surface area contributed by atoms with Gasteiger partial charge in [0.1, 0.15) is 6.29 Å². The summed E-state index contributed by atoms with van der Waals surface area (Å²) in [5.74, 6) is 0.155. The Morgan fingerprint density at radius 1 is 0.652 bits per heavy atom. The molecule has 2 unspecified atom stereocenters. The van der Waals surface area contributed by atoms with E-state index < -0.39 is 8.56 Å². The zero-order valence-electron chi connectivity index (χ0n) is 31.6. The molecule has 0 bridgehead atoms. The summed E-state index contributed by atoms with van der Waals surface area (Å²) in [7, 11) is -2.14. The summed E-state index contributed by atoms with van der Waals surface area (Å²) in [6, 6.07) is 0. The van der Waals surface area contributed by atoms with E-state index in [1.807, 2.05) is 13.8 Å². The number of ether oxygens (including phenoxy) is 2. The highest BCUT2D eigenvalue weighted by molar-refractivity contribution is 6.64. The number of unbranched alkanes of at least 4 members (excludes halogenated alkanes) is 15. The first-order valence-electron chi connectivity index (χ1n) is 19.7. The Bertz CT molecular complexity index is 653. The fraction of sp³-hybridized carbons (Fsp3) is 0.974. The molecule has 0 amide bonds. The average Bonchev–Trinajstić information content (AvgIpc) is 3.02. The second-order valence-electron chi connectivity index (χ2n) is 13.8. The number of hydrogen-bond acceptors (Lipinski definition) is 7. The zero-order chi connectivity index (χ0) is 34.1. The van der Waals surface area contributed by atoms with Crippen LogP contribution in [0.25, 0.3) is 0 Å². The molecule has 0 radical (unpaired) electrons. The van der Waals surface area contributed by atoms with Crippen molar-refractivity contribution in [3.63, 3.8) is 0 Å². The Balaban J connectivity index is 4.22. The first-order chi connectivity index (χ1) is 22.3. The molecule has 46 heavy (non-hydrogen) atoms. The summed E-state index contributed by atoms with van der Waals surface area (Å²) < 4.78 is 23.3. The highest BCUT2D eigenvalue weighted by Gasteiger charge is 2.27. The first kappa shape index (κ1) is 45.5. The van der Waals surface area contributed by atoms with Crippen LogP contribution >= 0.6 is 0 Å². The van der Waals surface area contributed by atoms with Gasteiger partial charge in [-0.15, -0.1) is 0 Å². The Hall–Kier alpha value is -0.513. The summed E-state index contributed by atoms with van der Waals surface area (Å²) in [5, 5.41) is 9.24. The van der Waals surface area contributed by atoms with Crippen LogP contribution in [0.2, 0.25) is 13.1 Å². The van der Waals surface area contributed by atoms with Gasteiger partial charge in [-0.1, -0.05) is 104 Å². The van der Waals surface area contributed by atoms with Crippen LogP contribution in [0.4, 0.5) is 0 Å². The monoisotopic (exact) mass is 674 g/mol. The predicted molar refractivity (Wildman–Crippen MR) is 197 cm³/mol. The van der Waals surface area contributed by atoms with Crippen molar-refractivity contribution in [2.45, 2.75) is 188 Å². The molecule has 0 spiro atoms. The van der Waals surface area contributed by atoms with Crippen LogP contribution in [0, 0.1) is 5.92 Å². The van der Waals surface area contributed by atoms with Crippen molar-refractivity contribution in [2.24, 2.45) is 5.92 Å². The molecule has 7 nitrogen and oxygen atoms in total. The molecule has 0 aliphatic rings. The van der Waals surface area contributed by atoms with Gasteiger partial charge >= 0.3 is 14.5 Å². The SMILES string of the molecule is CCCCCCCCC(CCCCCC)C(=O)OCCCCCCN(CCCCO)CCCCCCO[Si](C)(C)OC(C)OCC. The maximum Gasteiger partial charge on any atom is 0.333 e. The predicted octanol–water partition coefficient (Wildman–Crippen LogP) is 10.2. The molecule has 0 saturated carbocycles. The lowest BCUT2D eigenvalue weighted by Crippen LogP contribution is -2.39. The Morgan fingerprint density at radius 2 is 1.13 bits per heavy atom. The van der Waals surface area contributed by atoms with E-state index in [9.17, 15) is 9.90 Å². The Kier molecular flexibility index (Phi) is 32.6. The van der Waals surface area contributed by atoms with Gasteiger partial charge in [0.15, 0.2) is 0 Å². The second kappa shape index (κ2) is 33.0. The normalized spacial score (nSPS) is 13.4. The molecule has 0 fully saturated rings. The summed E-state index contributed by atoms with van der Waals surface area (Å²) in [5.41, 5.74) is 0. The van der Waals surface area contributed by atoms with E-state index in [1.165, 1.54) is 83.5 Å². The lowest BCUT2D eigenvalue weighted by atomic mass is 9.94. The number of aliphatic hydroxyl groups is 1. The summed E-state index contributed by atoms with van der Waals surface area (Å²) >= 11 is 0. The number of carbonyl (C=O) groups is 1. The van der Waals surface area contributed by atoms with Crippen LogP contribution in [-0.4, -0.2) is 76.9 Å². The highest BCUT2D eigenvalue weighted by Crippen LogP contribution is 2.21. The quantitative estimate of drug-likeness (QED) is 0.0307. The fourth-order valence-electron chi connectivity index (χ4n) is 6.04. The van der Waals surface area contributed by atoms with Gasteiger partial charge in [0.05, 0.1) is 12.5 Å². The maximum atomic E-state index is 12.9. The van der Waals surface area contributed by atoms with Crippen molar-refractivity contribution in [3.05, 3.63) is 0 Å². The molecular formula is C38H79NO6Si. The second-order valence-corrected chi connectivity index (χ2v) is 17.1. The minimum absolute atomic E-state index is 0.0574. The smallest absolute Gasteiger partial charge is 0.333 e. The molecule has 0 aromatic carbocycles. The van der Waals surface area contributed by atoms with Crippen LogP contribution in [0.5, 0.6) is 0 Å². The minimum Gasteiger partial charge on any atom is -0.465 e. The molecule has 8 heteroatoms. The van der Waals surface area contributed by atoms with Crippen molar-refractivity contribution >= 4 is 14.5 Å². The molecule has 0 aliphatic heterocycles. The van der Waals surface area contributed by atoms with Gasteiger partial charge < -0.3 is 28.3 Å². The number of esters is 1. The van der Waals surface area contributed by atoms with Crippen LogP contribution in [0.3, 0.4) is 0 Å². The van der Waals surface area contributed by atoms with Gasteiger partial charge in [-0.3, -0.25) is 4.79 Å². The van der Waals surface area contributed by atoms with E-state index in [0.29, 0.717) is 13.2 Å². The molecular weight excluding hydrogens is 595 g/mol. The molecule has 0 aromatic rings. The number of rotatable bonds is 36. The largest absolute Gasteiger partial charge is 0.465 e. The van der Waals surface area contributed by atoms with Crippen molar-refractivity contribution in [1.29, 1.82) is 0 Å². The van der Waals surface area contributed by atoms with Gasteiger partial charge in [-0.05, 0) is 97.9 Å². The number of carbonyl (C=O) groups excluding carboxylic acids is 1. The third-order valence-corrected chi connectivity index (χ3v) is 10.6. The van der Waals surface area contributed by atoms with E-state index in [1.54, 1.807) is 0 Å². The van der Waals surface area contributed by atoms with Crippen LogP contribution in [0.1, 0.15) is 169 Å². The standard InChI is InChI=1S/C38H79NO6Si/c1-7-10-12-14-15-21-29-37(28-20-13-11-8-2)38(41)43-34-26-18-16-22-30-39(32-24-25-33-40)31-23-17-19-27-35-44-46(5,6)45-36(4)42-9-3/h36-37,40H,7-35H2,1-6H3. The van der Waals surface area contributed by atoms with Gasteiger partial charge in [0.25, 0.3) is 0 Å². The van der Waals surface area contributed by atoms with Crippen LogP contribution in [0.15, 0.2) is 0 Å². The van der Waals surface area contributed by atoms with E-state index >= 15 is 0 Å². The van der Waals surface area contributed by atoms with Crippen LogP contribution in [-0.2, 0) is 23.1 Å². The average molecular weight is 674 g/mol. The molecule has 1 N–H and O–H groups in total. The van der Waals surface area contributed by atoms with Crippen LogP contribution < -0.4 is 0 Å². The lowest BCUT2D eigenvalue weighted by molar-refractivity contribution is -0.149.